The van der Waals surface area contributed by atoms with Crippen molar-refractivity contribution >= 4 is 12.1 Å². The van der Waals surface area contributed by atoms with Crippen LogP contribution in [0.1, 0.15) is 73.4 Å². The molecule has 0 N–H and O–H groups in total. The molecule has 0 radical (unpaired) electrons. The number of hydrogen-bond acceptors (Lipinski definition) is 1. The molecule has 2 unspecified atom stereocenters. The minimum absolute atomic E-state index is 0.0818. The number of nitrogens with zero attached hydrogens (tertiary/aromatic N) is 1. The molecular formula is C16H21NO. The van der Waals surface area contributed by atoms with Crippen LogP contribution in [0.4, 0.5) is 0 Å². The van der Waals surface area contributed by atoms with Gasteiger partial charge in [0.25, 0.3) is 5.91 Å². The van der Waals surface area contributed by atoms with Gasteiger partial charge < -0.3 is 0 Å². The van der Waals surface area contributed by atoms with E-state index in [1.807, 2.05) is 6.07 Å². The Bertz CT molecular complexity index is 476. The van der Waals surface area contributed by atoms with Crippen molar-refractivity contribution in [2.24, 2.45) is 4.99 Å². The zero-order valence-corrected chi connectivity index (χ0v) is 11.4. The number of benzene rings is 1. The third-order valence-electron chi connectivity index (χ3n) is 3.96. The second-order valence-electron chi connectivity index (χ2n) is 5.25. The predicted molar refractivity (Wildman–Crippen MR) is 75.6 cm³/mol. The minimum Gasteiger partial charge on any atom is -0.267 e. The zero-order chi connectivity index (χ0) is 13.1. The lowest BCUT2D eigenvalue weighted by molar-refractivity contribution is 0.100. The maximum atomic E-state index is 12.1. The van der Waals surface area contributed by atoms with Gasteiger partial charge in [0.1, 0.15) is 0 Å². The lowest BCUT2D eigenvalue weighted by Gasteiger charge is -2.18. The Morgan fingerprint density at radius 2 is 2.22 bits per heavy atom. The van der Waals surface area contributed by atoms with E-state index in [2.05, 4.69) is 37.9 Å². The van der Waals surface area contributed by atoms with Gasteiger partial charge in [-0.25, -0.2) is 4.99 Å². The molecule has 2 nitrogen and oxygen atoms in total. The van der Waals surface area contributed by atoms with Crippen molar-refractivity contribution in [2.75, 3.05) is 0 Å². The van der Waals surface area contributed by atoms with E-state index in [1.54, 1.807) is 6.21 Å². The van der Waals surface area contributed by atoms with Gasteiger partial charge in [-0.1, -0.05) is 32.9 Å². The minimum atomic E-state index is -0.0818. The summed E-state index contributed by atoms with van der Waals surface area (Å²) in [7, 11) is 0. The average molecular weight is 243 g/mol. The van der Waals surface area contributed by atoms with E-state index in [-0.39, 0.29) is 5.91 Å². The number of carbonyl (C=O) groups excluding carboxylic acids is 1. The van der Waals surface area contributed by atoms with Crippen LogP contribution in [-0.2, 0) is 0 Å². The van der Waals surface area contributed by atoms with Gasteiger partial charge in [-0.15, -0.1) is 0 Å². The summed E-state index contributed by atoms with van der Waals surface area (Å²) in [6.07, 6.45) is 4.80. The lowest BCUT2D eigenvalue weighted by atomic mass is 9.87. The fourth-order valence-electron chi connectivity index (χ4n) is 2.43. The van der Waals surface area contributed by atoms with E-state index < -0.39 is 0 Å². The first-order chi connectivity index (χ1) is 8.63. The van der Waals surface area contributed by atoms with Crippen molar-refractivity contribution in [3.8, 4) is 0 Å². The maximum Gasteiger partial charge on any atom is 0.276 e. The Hall–Kier alpha value is -1.44. The first-order valence-electron chi connectivity index (χ1n) is 6.84. The highest BCUT2D eigenvalue weighted by atomic mass is 16.1. The molecule has 2 heteroatoms. The van der Waals surface area contributed by atoms with Gasteiger partial charge in [0.2, 0.25) is 0 Å². The lowest BCUT2D eigenvalue weighted by Crippen LogP contribution is -2.09. The first-order valence-corrected chi connectivity index (χ1v) is 6.84. The molecule has 1 aliphatic heterocycles. The van der Waals surface area contributed by atoms with Crippen LogP contribution in [0.15, 0.2) is 23.2 Å². The molecule has 0 fully saturated rings. The van der Waals surface area contributed by atoms with Crippen molar-refractivity contribution in [3.05, 3.63) is 34.9 Å². The van der Waals surface area contributed by atoms with E-state index in [0.29, 0.717) is 11.8 Å². The average Bonchev–Trinajstić information content (AvgIpc) is 2.40. The number of fused-ring (bicyclic) bond motifs is 1. The molecule has 2 rings (SSSR count). The van der Waals surface area contributed by atoms with E-state index in [9.17, 15) is 4.79 Å². The van der Waals surface area contributed by atoms with Crippen LogP contribution in [0.5, 0.6) is 0 Å². The largest absolute Gasteiger partial charge is 0.276 e. The van der Waals surface area contributed by atoms with E-state index in [1.165, 1.54) is 5.56 Å². The summed E-state index contributed by atoms with van der Waals surface area (Å²) in [6, 6.07) is 6.34. The van der Waals surface area contributed by atoms with Crippen molar-refractivity contribution in [1.82, 2.24) is 0 Å². The molecule has 0 saturated heterocycles. The first kappa shape index (κ1) is 13.0. The molecule has 0 aliphatic carbocycles. The summed E-state index contributed by atoms with van der Waals surface area (Å²) >= 11 is 0. The second kappa shape index (κ2) is 5.47. The maximum absolute atomic E-state index is 12.1. The molecular weight excluding hydrogens is 222 g/mol. The number of aliphatic imine (C=N–C) groups is 1. The molecule has 0 saturated carbocycles. The highest BCUT2D eigenvalue weighted by Crippen LogP contribution is 2.29. The summed E-state index contributed by atoms with van der Waals surface area (Å²) < 4.78 is 0. The monoisotopic (exact) mass is 243 g/mol. The van der Waals surface area contributed by atoms with Gasteiger partial charge in [-0.2, -0.15) is 0 Å². The number of hydrogen-bond donors (Lipinski definition) is 0. The van der Waals surface area contributed by atoms with Crippen LogP contribution in [-0.4, -0.2) is 12.1 Å². The Kier molecular flexibility index (Phi) is 3.95. The van der Waals surface area contributed by atoms with Gasteiger partial charge >= 0.3 is 0 Å². The third kappa shape index (κ3) is 2.53. The summed E-state index contributed by atoms with van der Waals surface area (Å²) in [5.41, 5.74) is 3.20. The van der Waals surface area contributed by atoms with Gasteiger partial charge in [-0.3, -0.25) is 4.79 Å². The molecule has 1 aliphatic rings. The highest BCUT2D eigenvalue weighted by molar-refractivity contribution is 6.00. The fourth-order valence-corrected chi connectivity index (χ4v) is 2.43. The molecule has 1 heterocycles. The van der Waals surface area contributed by atoms with Crippen molar-refractivity contribution in [2.45, 2.75) is 51.9 Å². The normalized spacial score (nSPS) is 21.1. The van der Waals surface area contributed by atoms with Crippen LogP contribution >= 0.6 is 0 Å². The molecule has 1 aromatic carbocycles. The van der Waals surface area contributed by atoms with Gasteiger partial charge in [0.15, 0.2) is 0 Å². The molecule has 1 amide bonds. The van der Waals surface area contributed by atoms with Gasteiger partial charge in [0, 0.05) is 11.8 Å². The Labute approximate surface area is 109 Å². The van der Waals surface area contributed by atoms with Gasteiger partial charge in [-0.05, 0) is 48.3 Å². The zero-order valence-electron chi connectivity index (χ0n) is 11.4. The molecule has 0 aromatic heterocycles. The summed E-state index contributed by atoms with van der Waals surface area (Å²) in [5.74, 6) is 0.844. The second-order valence-corrected chi connectivity index (χ2v) is 5.25. The third-order valence-corrected chi connectivity index (χ3v) is 3.96. The Morgan fingerprint density at radius 3 is 2.94 bits per heavy atom. The Morgan fingerprint density at radius 1 is 1.44 bits per heavy atom. The number of rotatable bonds is 2. The summed E-state index contributed by atoms with van der Waals surface area (Å²) in [4.78, 5) is 16.1. The van der Waals surface area contributed by atoms with Crippen molar-refractivity contribution < 1.29 is 4.79 Å². The highest BCUT2D eigenvalue weighted by Gasteiger charge is 2.18. The molecule has 1 aromatic rings. The molecule has 96 valence electrons. The Balaban J connectivity index is 2.48. The van der Waals surface area contributed by atoms with Gasteiger partial charge in [0.05, 0.1) is 0 Å². The molecule has 0 bridgehead atoms. The smallest absolute Gasteiger partial charge is 0.267 e. The summed E-state index contributed by atoms with van der Waals surface area (Å²) in [6.45, 7) is 6.56. The predicted octanol–water partition coefficient (Wildman–Crippen LogP) is 4.31. The van der Waals surface area contributed by atoms with Crippen LogP contribution in [0.2, 0.25) is 0 Å². The topological polar surface area (TPSA) is 29.4 Å². The number of amides is 1. The van der Waals surface area contributed by atoms with Crippen LogP contribution in [0.3, 0.4) is 0 Å². The number of carbonyl (C=O) groups is 1. The van der Waals surface area contributed by atoms with Crippen LogP contribution in [0, 0.1) is 0 Å². The van der Waals surface area contributed by atoms with Crippen LogP contribution in [0.25, 0.3) is 0 Å². The summed E-state index contributed by atoms with van der Waals surface area (Å²) in [5, 5.41) is 0. The van der Waals surface area contributed by atoms with Crippen molar-refractivity contribution in [1.29, 1.82) is 0 Å². The van der Waals surface area contributed by atoms with E-state index >= 15 is 0 Å². The fraction of sp³-hybridized carbons (Fsp3) is 0.500. The standard InChI is InChI=1S/C16H21NO/c1-4-11(2)13-7-8-14-12(3)6-5-9-17-16(18)15(14)10-13/h7-12H,4-6H2,1-3H3. The van der Waals surface area contributed by atoms with Crippen LogP contribution < -0.4 is 0 Å². The SMILES string of the molecule is CCC(C)c1ccc2c(c1)C(=O)N=CCCC2C. The van der Waals surface area contributed by atoms with Crippen molar-refractivity contribution in [3.63, 3.8) is 0 Å². The molecule has 18 heavy (non-hydrogen) atoms. The molecule has 0 spiro atoms. The van der Waals surface area contributed by atoms with E-state index in [0.717, 1.165) is 30.4 Å². The molecule has 2 atom stereocenters. The van der Waals surface area contributed by atoms with E-state index in [4.69, 9.17) is 0 Å². The quantitative estimate of drug-likeness (QED) is 0.761.